The van der Waals surface area contributed by atoms with Gasteiger partial charge in [-0.2, -0.15) is 0 Å². The Kier molecular flexibility index (Phi) is 4.19. The summed E-state index contributed by atoms with van der Waals surface area (Å²) in [6.07, 6.45) is 5.91. The lowest BCUT2D eigenvalue weighted by Crippen LogP contribution is -2.32. The highest BCUT2D eigenvalue weighted by atomic mass is 35.5. The Morgan fingerprint density at radius 1 is 1.35 bits per heavy atom. The molecule has 20 heavy (non-hydrogen) atoms. The number of hydrogen-bond donors (Lipinski definition) is 1. The van der Waals surface area contributed by atoms with Crippen molar-refractivity contribution in [3.63, 3.8) is 0 Å². The van der Waals surface area contributed by atoms with Gasteiger partial charge in [0.2, 0.25) is 0 Å². The van der Waals surface area contributed by atoms with Crippen molar-refractivity contribution in [2.75, 3.05) is 18.8 Å². The fraction of sp³-hybridized carbons (Fsp3) is 0.429. The van der Waals surface area contributed by atoms with E-state index in [1.54, 1.807) is 11.3 Å². The molecule has 0 saturated carbocycles. The van der Waals surface area contributed by atoms with E-state index in [-0.39, 0.29) is 0 Å². The SMILES string of the molecule is Nc1ncc(CN2CCC(c3ncccc3Cl)CC2)s1. The topological polar surface area (TPSA) is 55.0 Å². The maximum Gasteiger partial charge on any atom is 0.180 e. The Balaban J connectivity index is 1.58. The lowest BCUT2D eigenvalue weighted by molar-refractivity contribution is 0.205. The summed E-state index contributed by atoms with van der Waals surface area (Å²) in [4.78, 5) is 12.2. The molecule has 2 aromatic rings. The molecule has 3 heterocycles. The third-order valence-corrected chi connectivity index (χ3v) is 4.84. The molecule has 0 unspecified atom stereocenters. The maximum atomic E-state index is 6.23. The molecule has 0 amide bonds. The third kappa shape index (κ3) is 3.11. The molecule has 0 aromatic carbocycles. The number of piperidine rings is 1. The number of nitrogens with zero attached hydrogens (tertiary/aromatic N) is 3. The fourth-order valence-electron chi connectivity index (χ4n) is 2.68. The van der Waals surface area contributed by atoms with Gasteiger partial charge in [0.25, 0.3) is 0 Å². The minimum atomic E-state index is 0.478. The molecular weight excluding hydrogens is 292 g/mol. The van der Waals surface area contributed by atoms with E-state index in [9.17, 15) is 0 Å². The van der Waals surface area contributed by atoms with Gasteiger partial charge in [-0.25, -0.2) is 4.98 Å². The van der Waals surface area contributed by atoms with Gasteiger partial charge in [0, 0.05) is 29.7 Å². The molecule has 1 saturated heterocycles. The number of anilines is 1. The molecule has 0 atom stereocenters. The van der Waals surface area contributed by atoms with Gasteiger partial charge in [-0.3, -0.25) is 9.88 Å². The second-order valence-corrected chi connectivity index (χ2v) is 6.64. The van der Waals surface area contributed by atoms with Crippen LogP contribution in [0.15, 0.2) is 24.5 Å². The molecule has 2 N–H and O–H groups in total. The number of aromatic nitrogens is 2. The summed E-state index contributed by atoms with van der Waals surface area (Å²) in [7, 11) is 0. The molecule has 0 aliphatic carbocycles. The number of likely N-dealkylation sites (tertiary alicyclic amines) is 1. The van der Waals surface area contributed by atoms with Gasteiger partial charge in [0.05, 0.1) is 10.7 Å². The van der Waals surface area contributed by atoms with Crippen LogP contribution in [0.4, 0.5) is 5.13 Å². The monoisotopic (exact) mass is 308 g/mol. The van der Waals surface area contributed by atoms with E-state index in [0.29, 0.717) is 11.0 Å². The zero-order chi connectivity index (χ0) is 13.9. The van der Waals surface area contributed by atoms with E-state index >= 15 is 0 Å². The van der Waals surface area contributed by atoms with Crippen LogP contribution in [0.3, 0.4) is 0 Å². The molecule has 0 spiro atoms. The maximum absolute atomic E-state index is 6.23. The molecule has 1 fully saturated rings. The summed E-state index contributed by atoms with van der Waals surface area (Å²) in [5.74, 6) is 0.478. The molecule has 4 nitrogen and oxygen atoms in total. The predicted octanol–water partition coefficient (Wildman–Crippen LogP) is 3.15. The van der Waals surface area contributed by atoms with Crippen LogP contribution in [-0.2, 0) is 6.54 Å². The predicted molar refractivity (Wildman–Crippen MR) is 83.0 cm³/mol. The number of halogens is 1. The summed E-state index contributed by atoms with van der Waals surface area (Å²) < 4.78 is 0. The molecule has 6 heteroatoms. The minimum Gasteiger partial charge on any atom is -0.375 e. The fourth-order valence-corrected chi connectivity index (χ4v) is 3.68. The van der Waals surface area contributed by atoms with Crippen molar-refractivity contribution in [3.8, 4) is 0 Å². The van der Waals surface area contributed by atoms with Crippen LogP contribution in [0.1, 0.15) is 29.3 Å². The van der Waals surface area contributed by atoms with Gasteiger partial charge in [-0.15, -0.1) is 11.3 Å². The molecule has 0 bridgehead atoms. The lowest BCUT2D eigenvalue weighted by atomic mass is 9.93. The number of hydrogen-bond acceptors (Lipinski definition) is 5. The van der Waals surface area contributed by atoms with Gasteiger partial charge in [0.1, 0.15) is 0 Å². The quantitative estimate of drug-likeness (QED) is 0.946. The van der Waals surface area contributed by atoms with E-state index in [4.69, 9.17) is 17.3 Å². The van der Waals surface area contributed by atoms with Gasteiger partial charge < -0.3 is 5.73 Å². The molecule has 2 aromatic heterocycles. The first kappa shape index (κ1) is 13.8. The standard InChI is InChI=1S/C14H17ClN4S/c15-12-2-1-5-17-13(12)10-3-6-19(7-4-10)9-11-8-18-14(16)20-11/h1-2,5,8,10H,3-4,6-7,9H2,(H2,16,18). The van der Waals surface area contributed by atoms with Crippen LogP contribution in [0.5, 0.6) is 0 Å². The number of rotatable bonds is 3. The summed E-state index contributed by atoms with van der Waals surface area (Å²) in [5, 5.41) is 1.44. The number of thiazole rings is 1. The summed E-state index contributed by atoms with van der Waals surface area (Å²) in [6, 6.07) is 3.81. The van der Waals surface area contributed by atoms with E-state index in [1.807, 2.05) is 24.5 Å². The number of nitrogen functional groups attached to an aromatic ring is 1. The highest BCUT2D eigenvalue weighted by Gasteiger charge is 2.23. The van der Waals surface area contributed by atoms with E-state index in [1.165, 1.54) is 4.88 Å². The van der Waals surface area contributed by atoms with Crippen molar-refractivity contribution in [1.29, 1.82) is 0 Å². The first-order valence-electron chi connectivity index (χ1n) is 6.75. The Labute approximate surface area is 127 Å². The van der Waals surface area contributed by atoms with Crippen LogP contribution < -0.4 is 5.73 Å². The molecule has 1 aliphatic rings. The number of pyridine rings is 1. The van der Waals surface area contributed by atoms with Gasteiger partial charge in [-0.05, 0) is 38.1 Å². The second kappa shape index (κ2) is 6.08. The van der Waals surface area contributed by atoms with Crippen LogP contribution in [0.25, 0.3) is 0 Å². The molecular formula is C14H17ClN4S. The van der Waals surface area contributed by atoms with Crippen molar-refractivity contribution in [3.05, 3.63) is 40.1 Å². The van der Waals surface area contributed by atoms with Crippen molar-refractivity contribution in [2.45, 2.75) is 25.3 Å². The zero-order valence-electron chi connectivity index (χ0n) is 11.1. The van der Waals surface area contributed by atoms with E-state index in [0.717, 1.165) is 43.2 Å². The van der Waals surface area contributed by atoms with Crippen molar-refractivity contribution < 1.29 is 0 Å². The van der Waals surface area contributed by atoms with Gasteiger partial charge >= 0.3 is 0 Å². The highest BCUT2D eigenvalue weighted by molar-refractivity contribution is 7.15. The Bertz CT molecular complexity index is 578. The van der Waals surface area contributed by atoms with E-state index < -0.39 is 0 Å². The van der Waals surface area contributed by atoms with Crippen molar-refractivity contribution in [2.24, 2.45) is 0 Å². The van der Waals surface area contributed by atoms with Crippen LogP contribution in [-0.4, -0.2) is 28.0 Å². The third-order valence-electron chi connectivity index (χ3n) is 3.71. The van der Waals surface area contributed by atoms with Crippen LogP contribution in [0, 0.1) is 0 Å². The van der Waals surface area contributed by atoms with Gasteiger partial charge in [0.15, 0.2) is 5.13 Å². The summed E-state index contributed by atoms with van der Waals surface area (Å²) in [5.41, 5.74) is 6.72. The Hall–Kier alpha value is -1.17. The second-order valence-electron chi connectivity index (χ2n) is 5.09. The molecule has 3 rings (SSSR count). The Morgan fingerprint density at radius 3 is 2.80 bits per heavy atom. The summed E-state index contributed by atoms with van der Waals surface area (Å²) in [6.45, 7) is 3.07. The zero-order valence-corrected chi connectivity index (χ0v) is 12.7. The normalized spacial score (nSPS) is 17.4. The van der Waals surface area contributed by atoms with Crippen molar-refractivity contribution in [1.82, 2.24) is 14.9 Å². The smallest absolute Gasteiger partial charge is 0.180 e. The minimum absolute atomic E-state index is 0.478. The number of nitrogens with two attached hydrogens (primary N) is 1. The molecule has 0 radical (unpaired) electrons. The first-order chi connectivity index (χ1) is 9.72. The molecule has 1 aliphatic heterocycles. The summed E-state index contributed by atoms with van der Waals surface area (Å²) >= 11 is 7.80. The highest BCUT2D eigenvalue weighted by Crippen LogP contribution is 2.31. The lowest BCUT2D eigenvalue weighted by Gasteiger charge is -2.31. The average molecular weight is 309 g/mol. The van der Waals surface area contributed by atoms with Crippen LogP contribution >= 0.6 is 22.9 Å². The van der Waals surface area contributed by atoms with Crippen molar-refractivity contribution >= 4 is 28.1 Å². The van der Waals surface area contributed by atoms with Crippen LogP contribution in [0.2, 0.25) is 5.02 Å². The van der Waals surface area contributed by atoms with Gasteiger partial charge in [-0.1, -0.05) is 11.6 Å². The van der Waals surface area contributed by atoms with E-state index in [2.05, 4.69) is 14.9 Å². The average Bonchev–Trinajstić information content (AvgIpc) is 2.86. The molecule has 106 valence electrons. The first-order valence-corrected chi connectivity index (χ1v) is 7.95. The largest absolute Gasteiger partial charge is 0.375 e. The Morgan fingerprint density at radius 2 is 2.15 bits per heavy atom.